The normalized spacial score (nSPS) is 14.7. The van der Waals surface area contributed by atoms with Gasteiger partial charge in [-0.05, 0) is 30.2 Å². The van der Waals surface area contributed by atoms with Crippen LogP contribution < -0.4 is 20.7 Å². The first-order chi connectivity index (χ1) is 21.9. The number of hydrogen-bond donors (Lipinski definition) is 4. The number of nitrogens with one attached hydrogen (secondary N) is 3. The molecule has 45 heavy (non-hydrogen) atoms. The van der Waals surface area contributed by atoms with Crippen LogP contribution >= 0.6 is 23.2 Å². The monoisotopic (exact) mass is 645 g/mol. The molecule has 0 aliphatic carbocycles. The molecule has 232 valence electrons. The van der Waals surface area contributed by atoms with Crippen LogP contribution in [0.2, 0.25) is 10.0 Å². The summed E-state index contributed by atoms with van der Waals surface area (Å²) in [7, 11) is 1.60. The summed E-state index contributed by atoms with van der Waals surface area (Å²) in [5, 5.41) is 25.1. The molecule has 2 aromatic carbocycles. The van der Waals surface area contributed by atoms with Crippen LogP contribution in [-0.4, -0.2) is 63.6 Å². The summed E-state index contributed by atoms with van der Waals surface area (Å²) in [6, 6.07) is 17.6. The van der Waals surface area contributed by atoms with Crippen LogP contribution in [0.4, 0.5) is 0 Å². The van der Waals surface area contributed by atoms with Crippen LogP contribution in [-0.2, 0) is 17.9 Å². The highest BCUT2D eigenvalue weighted by Gasteiger charge is 2.21. The highest BCUT2D eigenvalue weighted by atomic mass is 35.5. The van der Waals surface area contributed by atoms with Gasteiger partial charge in [-0.1, -0.05) is 59.6 Å². The zero-order chi connectivity index (χ0) is 31.3. The molecule has 1 fully saturated rings. The van der Waals surface area contributed by atoms with E-state index in [1.54, 1.807) is 18.0 Å². The van der Waals surface area contributed by atoms with Gasteiger partial charge in [-0.3, -0.25) is 4.79 Å². The van der Waals surface area contributed by atoms with E-state index in [2.05, 4.69) is 26.0 Å². The molecule has 6 rings (SSSR count). The number of halogens is 2. The molecule has 0 radical (unpaired) electrons. The minimum atomic E-state index is 0.0775. The van der Waals surface area contributed by atoms with Crippen molar-refractivity contribution in [1.29, 1.82) is 0 Å². The maximum Gasteiger partial charge on any atom is 0.220 e. The highest BCUT2D eigenvalue weighted by molar-refractivity contribution is 6.39. The van der Waals surface area contributed by atoms with Crippen LogP contribution in [0.15, 0.2) is 67.0 Å². The Bertz CT molecular complexity index is 1850. The lowest BCUT2D eigenvalue weighted by atomic mass is 10.00. The molecule has 0 unspecified atom stereocenters. The number of nitrogens with zero attached hydrogens (tertiary/aromatic N) is 4. The summed E-state index contributed by atoms with van der Waals surface area (Å²) in [6.45, 7) is 2.42. The number of amides is 1. The minimum absolute atomic E-state index is 0.0775. The van der Waals surface area contributed by atoms with E-state index >= 15 is 0 Å². The summed E-state index contributed by atoms with van der Waals surface area (Å²) in [5.74, 6) is 0.603. The predicted molar refractivity (Wildman–Crippen MR) is 176 cm³/mol. The van der Waals surface area contributed by atoms with E-state index in [9.17, 15) is 4.79 Å². The zero-order valence-electron chi connectivity index (χ0n) is 24.7. The van der Waals surface area contributed by atoms with E-state index in [-0.39, 0.29) is 18.6 Å². The van der Waals surface area contributed by atoms with Gasteiger partial charge in [-0.25, -0.2) is 14.6 Å². The Hall–Kier alpha value is -4.06. The van der Waals surface area contributed by atoms with Gasteiger partial charge in [0, 0.05) is 78.7 Å². The number of hydrogen-bond acceptors (Lipinski definition) is 8. The van der Waals surface area contributed by atoms with Crippen molar-refractivity contribution < 1.29 is 14.6 Å². The Morgan fingerprint density at radius 1 is 1.04 bits per heavy atom. The van der Waals surface area contributed by atoms with Crippen molar-refractivity contribution in [2.75, 3.05) is 26.8 Å². The van der Waals surface area contributed by atoms with Crippen LogP contribution in [0.3, 0.4) is 0 Å². The Kier molecular flexibility index (Phi) is 9.58. The Balaban J connectivity index is 1.25. The van der Waals surface area contributed by atoms with Crippen molar-refractivity contribution in [2.45, 2.75) is 32.0 Å². The van der Waals surface area contributed by atoms with Crippen LogP contribution in [0.25, 0.3) is 39.1 Å². The SMILES string of the molecule is COc1nc(-c2cccc(-c3cccc(-n4cc5cc(CNCCO)cnc5n4)c3Cl)c2Cl)ccc1CNC[C@@H]1CCC(=O)N1. The summed E-state index contributed by atoms with van der Waals surface area (Å²) >= 11 is 14.1. The van der Waals surface area contributed by atoms with E-state index in [1.807, 2.05) is 60.8 Å². The van der Waals surface area contributed by atoms with Gasteiger partial charge in [0.2, 0.25) is 11.8 Å². The number of ether oxygens (including phenoxy) is 1. The average Bonchev–Trinajstić information content (AvgIpc) is 3.67. The first kappa shape index (κ1) is 30.9. The molecule has 1 atom stereocenters. The van der Waals surface area contributed by atoms with Gasteiger partial charge in [0.25, 0.3) is 0 Å². The number of carbonyl (C=O) groups excluding carboxylic acids is 1. The lowest BCUT2D eigenvalue weighted by Crippen LogP contribution is -2.35. The van der Waals surface area contributed by atoms with Gasteiger partial charge >= 0.3 is 0 Å². The molecule has 1 aliphatic rings. The average molecular weight is 647 g/mol. The Labute approximate surface area is 270 Å². The number of carbonyl (C=O) groups is 1. The lowest BCUT2D eigenvalue weighted by Gasteiger charge is -2.15. The summed E-state index contributed by atoms with van der Waals surface area (Å²) in [5.41, 5.74) is 6.14. The van der Waals surface area contributed by atoms with Crippen molar-refractivity contribution in [3.8, 4) is 34.0 Å². The van der Waals surface area contributed by atoms with Crippen LogP contribution in [0.1, 0.15) is 24.0 Å². The van der Waals surface area contributed by atoms with Gasteiger partial charge < -0.3 is 25.8 Å². The first-order valence-electron chi connectivity index (χ1n) is 14.7. The fraction of sp³-hybridized carbons (Fsp3) is 0.273. The van der Waals surface area contributed by atoms with Crippen molar-refractivity contribution in [1.82, 2.24) is 35.7 Å². The molecule has 1 saturated heterocycles. The molecule has 4 N–H and O–H groups in total. The van der Waals surface area contributed by atoms with Crippen molar-refractivity contribution in [3.05, 3.63) is 88.2 Å². The molecular formula is C33H33Cl2N7O3. The van der Waals surface area contributed by atoms with Crippen LogP contribution in [0.5, 0.6) is 5.88 Å². The third kappa shape index (κ3) is 6.80. The molecule has 5 aromatic rings. The van der Waals surface area contributed by atoms with E-state index in [0.717, 1.165) is 39.6 Å². The van der Waals surface area contributed by atoms with E-state index in [1.165, 1.54) is 0 Å². The molecule has 0 bridgehead atoms. The quantitative estimate of drug-likeness (QED) is 0.141. The highest BCUT2D eigenvalue weighted by Crippen LogP contribution is 2.41. The van der Waals surface area contributed by atoms with Crippen molar-refractivity contribution in [3.63, 3.8) is 0 Å². The minimum Gasteiger partial charge on any atom is -0.481 e. The second-order valence-electron chi connectivity index (χ2n) is 10.8. The summed E-state index contributed by atoms with van der Waals surface area (Å²) in [6.07, 6.45) is 5.09. The number of aliphatic hydroxyl groups excluding tert-OH is 1. The van der Waals surface area contributed by atoms with Gasteiger partial charge in [0.05, 0.1) is 35.1 Å². The maximum absolute atomic E-state index is 11.5. The van der Waals surface area contributed by atoms with Gasteiger partial charge in [0.15, 0.2) is 5.65 Å². The van der Waals surface area contributed by atoms with Crippen molar-refractivity contribution in [2.24, 2.45) is 0 Å². The van der Waals surface area contributed by atoms with E-state index in [0.29, 0.717) is 65.6 Å². The number of pyridine rings is 2. The zero-order valence-corrected chi connectivity index (χ0v) is 26.2. The summed E-state index contributed by atoms with van der Waals surface area (Å²) < 4.78 is 7.36. The molecule has 10 nitrogen and oxygen atoms in total. The summed E-state index contributed by atoms with van der Waals surface area (Å²) in [4.78, 5) is 20.8. The molecule has 0 spiro atoms. The Morgan fingerprint density at radius 3 is 2.62 bits per heavy atom. The molecule has 12 heteroatoms. The predicted octanol–water partition coefficient (Wildman–Crippen LogP) is 4.92. The van der Waals surface area contributed by atoms with E-state index < -0.39 is 0 Å². The molecule has 3 aromatic heterocycles. The smallest absolute Gasteiger partial charge is 0.220 e. The topological polar surface area (TPSA) is 126 Å². The largest absolute Gasteiger partial charge is 0.481 e. The van der Waals surface area contributed by atoms with Crippen LogP contribution in [0, 0.1) is 0 Å². The number of aromatic nitrogens is 4. The van der Waals surface area contributed by atoms with Gasteiger partial charge in [-0.15, -0.1) is 5.10 Å². The second kappa shape index (κ2) is 13.9. The van der Waals surface area contributed by atoms with E-state index in [4.69, 9.17) is 38.0 Å². The van der Waals surface area contributed by atoms with Crippen molar-refractivity contribution >= 4 is 40.1 Å². The fourth-order valence-corrected chi connectivity index (χ4v) is 6.12. The molecular weight excluding hydrogens is 613 g/mol. The first-order valence-corrected chi connectivity index (χ1v) is 15.5. The number of fused-ring (bicyclic) bond motifs is 1. The fourth-order valence-electron chi connectivity index (χ4n) is 5.48. The van der Waals surface area contributed by atoms with Gasteiger partial charge in [-0.2, -0.15) is 0 Å². The third-order valence-corrected chi connectivity index (χ3v) is 8.55. The number of aliphatic hydroxyl groups is 1. The number of rotatable bonds is 12. The number of benzene rings is 2. The van der Waals surface area contributed by atoms with Gasteiger partial charge in [0.1, 0.15) is 0 Å². The molecule has 1 amide bonds. The molecule has 4 heterocycles. The molecule has 0 saturated carbocycles. The maximum atomic E-state index is 11.5. The second-order valence-corrected chi connectivity index (χ2v) is 11.6. The molecule has 1 aliphatic heterocycles. The third-order valence-electron chi connectivity index (χ3n) is 7.75. The Morgan fingerprint density at radius 2 is 1.84 bits per heavy atom. The lowest BCUT2D eigenvalue weighted by molar-refractivity contribution is -0.119. The standard InChI is InChI=1S/C33H33Cl2N7O3/c1-45-33-21(17-37-18-23-9-11-29(44)39-23)8-10-27(40-33)26-6-2-4-24(30(26)34)25-5-3-7-28(31(25)35)42-19-22-14-20(15-36-12-13-43)16-38-32(22)41-42/h2-8,10,14,16,19,23,36-37,43H,9,11-13,15,17-18H2,1H3,(H,39,44)/t23-/m0/s1. The number of methoxy groups -OCH3 is 1.